The van der Waals surface area contributed by atoms with Gasteiger partial charge in [0, 0.05) is 47.3 Å². The van der Waals surface area contributed by atoms with Gasteiger partial charge in [-0.25, -0.2) is 14.6 Å². The van der Waals surface area contributed by atoms with Crippen molar-refractivity contribution in [2.45, 2.75) is 152 Å². The number of rotatable bonds is 21. The molecule has 3 aromatic carbocycles. The van der Waals surface area contributed by atoms with Crippen LogP contribution in [0.3, 0.4) is 0 Å². The molecule has 4 N–H and O–H groups in total. The number of hydrogen-bond acceptors (Lipinski definition) is 17. The molecule has 0 radical (unpaired) electrons. The quantitative estimate of drug-likeness (QED) is 0.0199. The Balaban J connectivity index is 0.000000421. The highest BCUT2D eigenvalue weighted by Gasteiger charge is 2.68. The van der Waals surface area contributed by atoms with Crippen LogP contribution in [0.4, 0.5) is 4.79 Å². The Morgan fingerprint density at radius 2 is 1.49 bits per heavy atom. The fourth-order valence-electron chi connectivity index (χ4n) is 10.6. The van der Waals surface area contributed by atoms with E-state index in [1.165, 1.54) is 0 Å². The molecule has 8 unspecified atom stereocenters. The van der Waals surface area contributed by atoms with Crippen LogP contribution in [0, 0.1) is 16.7 Å². The highest BCUT2D eigenvalue weighted by atomic mass is 33.1. The Kier molecular flexibility index (Phi) is 21.9. The van der Waals surface area contributed by atoms with E-state index < -0.39 is 89.4 Å². The van der Waals surface area contributed by atoms with Crippen LogP contribution in [0.5, 0.6) is 0 Å². The number of aliphatic carboxylic acids is 1. The van der Waals surface area contributed by atoms with Crippen molar-refractivity contribution in [2.75, 3.05) is 20.0 Å². The summed E-state index contributed by atoms with van der Waals surface area (Å²) < 4.78 is 34.3. The number of carboxylic acid groups (broad SMARTS) is 1. The van der Waals surface area contributed by atoms with E-state index in [0.29, 0.717) is 42.8 Å². The molecule has 7 rings (SSSR count). The Bertz CT molecular complexity index is 2730. The second kappa shape index (κ2) is 27.9. The van der Waals surface area contributed by atoms with E-state index in [1.807, 2.05) is 56.3 Å². The number of esters is 2. The third kappa shape index (κ3) is 15.8. The van der Waals surface area contributed by atoms with Crippen LogP contribution in [-0.4, -0.2) is 117 Å². The number of pyridine rings is 1. The fourth-order valence-corrected chi connectivity index (χ4v) is 12.6. The summed E-state index contributed by atoms with van der Waals surface area (Å²) in [6.45, 7) is 14.7. The number of carbonyl (C=O) groups is 6. The lowest BCUT2D eigenvalue weighted by molar-refractivity contribution is -0.223. The van der Waals surface area contributed by atoms with Gasteiger partial charge in [0.05, 0.1) is 48.4 Å². The highest BCUT2D eigenvalue weighted by molar-refractivity contribution is 8.77. The molecule has 1 aromatic heterocycles. The summed E-state index contributed by atoms with van der Waals surface area (Å²) in [5.74, 6) is -4.10. The first kappa shape index (κ1) is 62.1. The van der Waals surface area contributed by atoms with Gasteiger partial charge in [-0.1, -0.05) is 103 Å². The number of aliphatic hydroxyl groups is 2. The van der Waals surface area contributed by atoms with Gasteiger partial charge in [-0.3, -0.25) is 19.2 Å². The van der Waals surface area contributed by atoms with Gasteiger partial charge < -0.3 is 49.1 Å². The van der Waals surface area contributed by atoms with Crippen molar-refractivity contribution in [1.82, 2.24) is 10.3 Å². The molecule has 19 heteroatoms. The second-order valence-corrected chi connectivity index (χ2v) is 24.3. The molecule has 1 amide bonds. The minimum absolute atomic E-state index is 0.00613. The zero-order valence-corrected chi connectivity index (χ0v) is 47.7. The number of ketones is 1. The lowest BCUT2D eigenvalue weighted by atomic mass is 9.48. The number of fused-ring (bicyclic) bond motifs is 3. The summed E-state index contributed by atoms with van der Waals surface area (Å²) in [6, 6.07) is 31.4. The van der Waals surface area contributed by atoms with Gasteiger partial charge in [0.2, 0.25) is 6.79 Å². The molecule has 79 heavy (non-hydrogen) atoms. The number of nitrogens with one attached hydrogen (secondary N) is 1. The minimum Gasteiger partial charge on any atom is -0.481 e. The monoisotopic (exact) mass is 1130 g/mol. The van der Waals surface area contributed by atoms with Gasteiger partial charge in [-0.05, 0) is 126 Å². The van der Waals surface area contributed by atoms with Crippen molar-refractivity contribution in [2.24, 2.45) is 16.7 Å². The first-order chi connectivity index (χ1) is 37.5. The van der Waals surface area contributed by atoms with Gasteiger partial charge in [0.15, 0.2) is 11.9 Å². The molecular weight excluding hydrogens is 1050 g/mol. The number of carboxylic acids is 1. The van der Waals surface area contributed by atoms with E-state index in [-0.39, 0.29) is 54.4 Å². The van der Waals surface area contributed by atoms with Crippen molar-refractivity contribution in [3.8, 4) is 0 Å². The molecule has 1 heterocycles. The van der Waals surface area contributed by atoms with Crippen LogP contribution in [0.2, 0.25) is 0 Å². The lowest BCUT2D eigenvalue weighted by Crippen LogP contribution is -2.70. The topological polar surface area (TPSA) is 243 Å². The predicted molar refractivity (Wildman–Crippen MR) is 298 cm³/mol. The molecule has 4 aromatic rings. The Morgan fingerprint density at radius 3 is 2.11 bits per heavy atom. The van der Waals surface area contributed by atoms with Crippen molar-refractivity contribution in [1.29, 1.82) is 0 Å². The molecule has 2 fully saturated rings. The second-order valence-electron chi connectivity index (χ2n) is 21.4. The SMILES string of the molecule is CCOC1CC(O)C2(C)C(=O)C(OC(=O)OCOC(=O)CCC(C)OCC(C)(C)SSc3ccccn3)C3=C(C)CCC(O)([C@@H](OC(=O)c4ccccc4)C2C1)C3(C)C.O=C(O)CC(NC(=O)c1ccccc1)c1ccccc1. The molecule has 426 valence electrons. The molecular formula is C60H74N2O15S2. The number of amides is 1. The predicted octanol–water partition coefficient (Wildman–Crippen LogP) is 10.3. The van der Waals surface area contributed by atoms with Crippen LogP contribution < -0.4 is 5.32 Å². The average Bonchev–Trinajstić information content (AvgIpc) is 3.63. The first-order valence-electron chi connectivity index (χ1n) is 26.5. The summed E-state index contributed by atoms with van der Waals surface area (Å²) in [5, 5.41) is 37.5. The third-order valence-electron chi connectivity index (χ3n) is 15.1. The molecule has 3 aliphatic carbocycles. The molecule has 3 aliphatic rings. The Morgan fingerprint density at radius 1 is 0.861 bits per heavy atom. The maximum Gasteiger partial charge on any atom is 0.512 e. The summed E-state index contributed by atoms with van der Waals surface area (Å²) in [5.41, 5.74) is -2.15. The number of Topliss-reactive ketones (excluding diaryl/α,β-unsaturated/α-hetero) is 1. The van der Waals surface area contributed by atoms with Gasteiger partial charge in [0.1, 0.15) is 16.7 Å². The number of aliphatic hydroxyl groups excluding tert-OH is 1. The van der Waals surface area contributed by atoms with E-state index in [4.69, 9.17) is 33.5 Å². The van der Waals surface area contributed by atoms with E-state index in [2.05, 4.69) is 24.1 Å². The van der Waals surface area contributed by atoms with Crippen molar-refractivity contribution in [3.05, 3.63) is 143 Å². The number of ether oxygens (including phenoxy) is 6. The van der Waals surface area contributed by atoms with Gasteiger partial charge >= 0.3 is 24.1 Å². The normalized spacial score (nSPS) is 24.1. The van der Waals surface area contributed by atoms with Gasteiger partial charge in [0.25, 0.3) is 5.91 Å². The van der Waals surface area contributed by atoms with Crippen molar-refractivity contribution >= 4 is 57.3 Å². The molecule has 17 nitrogen and oxygen atoms in total. The number of nitrogens with zero attached hydrogens (tertiary/aromatic N) is 1. The van der Waals surface area contributed by atoms with Crippen LogP contribution in [0.25, 0.3) is 0 Å². The van der Waals surface area contributed by atoms with Crippen LogP contribution in [-0.2, 0) is 42.8 Å². The minimum atomic E-state index is -1.78. The standard InChI is InChI=1S/C44H59NO12S2.C16H15NO3/c1-9-52-30-23-31-38(57-39(49)29-15-11-10-12-16-29)44(51)21-20-27(2)35(42(44,6)7)36(37(48)43(31,8)32(46)24-30)56-40(50)55-26-54-34(47)19-18-28(3)53-25-41(4,5)59-58-33-17-13-14-22-45-33;18-15(19)11-14(12-7-3-1-4-8-12)17-16(20)13-9-5-2-6-10-13/h10-17,22,28,30-32,36,38,46,51H,9,18-21,23-26H2,1-8H3;1-10,14H,11H2,(H,17,20)(H,18,19)/t28?,30?,31?,32?,36?,38-,43?,44?;/m0./s1. The zero-order chi connectivity index (χ0) is 57.5. The zero-order valence-electron chi connectivity index (χ0n) is 46.1. The van der Waals surface area contributed by atoms with E-state index >= 15 is 4.79 Å². The molecule has 2 bridgehead atoms. The van der Waals surface area contributed by atoms with Gasteiger partial charge in [-0.2, -0.15) is 0 Å². The van der Waals surface area contributed by atoms with E-state index in [9.17, 15) is 34.2 Å². The molecule has 0 saturated heterocycles. The first-order valence-corrected chi connectivity index (χ1v) is 28.7. The third-order valence-corrected chi connectivity index (χ3v) is 18.2. The van der Waals surface area contributed by atoms with E-state index in [0.717, 1.165) is 10.6 Å². The maximum atomic E-state index is 15.1. The highest BCUT2D eigenvalue weighted by Crippen LogP contribution is 2.60. The van der Waals surface area contributed by atoms with Crippen molar-refractivity contribution < 1.29 is 72.5 Å². The molecule has 0 aliphatic heterocycles. The summed E-state index contributed by atoms with van der Waals surface area (Å²) in [4.78, 5) is 82.2. The summed E-state index contributed by atoms with van der Waals surface area (Å²) in [7, 11) is 3.21. The number of hydrogen-bond donors (Lipinski definition) is 4. The molecule has 9 atom stereocenters. The summed E-state index contributed by atoms with van der Waals surface area (Å²) >= 11 is 0. The largest absolute Gasteiger partial charge is 0.512 e. The molecule has 2 saturated carbocycles. The number of aromatic nitrogens is 1. The van der Waals surface area contributed by atoms with Crippen molar-refractivity contribution in [3.63, 3.8) is 0 Å². The fraction of sp³-hybridized carbons (Fsp3) is 0.483. The smallest absolute Gasteiger partial charge is 0.481 e. The van der Waals surface area contributed by atoms with E-state index in [1.54, 1.807) is 122 Å². The van der Waals surface area contributed by atoms with Crippen LogP contribution in [0.15, 0.2) is 132 Å². The van der Waals surface area contributed by atoms with Gasteiger partial charge in [-0.15, -0.1) is 0 Å². The average molecular weight is 1130 g/mol. The number of benzene rings is 3. The Hall–Kier alpha value is -6.09. The van der Waals surface area contributed by atoms with Crippen LogP contribution in [0.1, 0.15) is 133 Å². The molecule has 0 spiro atoms. The number of allylic oxidation sites excluding steroid dienone is 1. The Labute approximate surface area is 470 Å². The maximum absolute atomic E-state index is 15.1. The number of carbonyl (C=O) groups excluding carboxylic acids is 5. The van der Waals surface area contributed by atoms with Crippen LogP contribution >= 0.6 is 21.6 Å². The summed E-state index contributed by atoms with van der Waals surface area (Å²) in [6.07, 6.45) is -3.50. The lowest BCUT2D eigenvalue weighted by Gasteiger charge is -2.60.